The molecule has 1 fully saturated rings. The van der Waals surface area contributed by atoms with Crippen LogP contribution in [0.3, 0.4) is 0 Å². The highest BCUT2D eigenvalue weighted by Crippen LogP contribution is 2.21. The summed E-state index contributed by atoms with van der Waals surface area (Å²) in [7, 11) is -3.56. The Balaban J connectivity index is 1.47. The molecule has 7 nitrogen and oxygen atoms in total. The molecule has 3 aromatic rings. The molecule has 0 unspecified atom stereocenters. The van der Waals surface area contributed by atoms with E-state index in [1.165, 1.54) is 4.31 Å². The van der Waals surface area contributed by atoms with E-state index in [2.05, 4.69) is 20.9 Å². The van der Waals surface area contributed by atoms with E-state index in [1.54, 1.807) is 35.4 Å². The number of hydrogen-bond donors (Lipinski definition) is 0. The normalized spacial score (nSPS) is 15.9. The molecule has 0 aliphatic carbocycles. The third kappa shape index (κ3) is 3.57. The minimum atomic E-state index is -3.56. The number of nitrogens with zero attached hydrogens (tertiary/aromatic N) is 4. The van der Waals surface area contributed by atoms with Gasteiger partial charge in [-0.15, -0.1) is 0 Å². The molecule has 146 valence electrons. The summed E-state index contributed by atoms with van der Waals surface area (Å²) in [5.74, 6) is -0.179. The standard InChI is InChI=1S/C19H19BrN4O3S/c1-14-6-7-23-13-17(21-18(23)12-14)19(25)22-8-10-24(11-9-22)28(26,27)16-4-2-15(20)3-5-16/h2-7,12-13H,8-11H2,1H3. The van der Waals surface area contributed by atoms with Crippen molar-refractivity contribution in [3.8, 4) is 0 Å². The van der Waals surface area contributed by atoms with Gasteiger partial charge in [-0.25, -0.2) is 13.4 Å². The van der Waals surface area contributed by atoms with E-state index in [4.69, 9.17) is 0 Å². The van der Waals surface area contributed by atoms with Crippen LogP contribution >= 0.6 is 15.9 Å². The zero-order valence-electron chi connectivity index (χ0n) is 15.2. The lowest BCUT2D eigenvalue weighted by Gasteiger charge is -2.33. The van der Waals surface area contributed by atoms with Gasteiger partial charge in [0.05, 0.1) is 4.90 Å². The highest BCUT2D eigenvalue weighted by atomic mass is 79.9. The molecule has 0 radical (unpaired) electrons. The second-order valence-corrected chi connectivity index (χ2v) is 9.60. The van der Waals surface area contributed by atoms with Crippen molar-refractivity contribution in [3.05, 3.63) is 64.5 Å². The van der Waals surface area contributed by atoms with Gasteiger partial charge in [0.25, 0.3) is 5.91 Å². The highest BCUT2D eigenvalue weighted by molar-refractivity contribution is 9.10. The van der Waals surface area contributed by atoms with Crippen molar-refractivity contribution >= 4 is 37.5 Å². The Bertz CT molecular complexity index is 1130. The first-order chi connectivity index (χ1) is 13.3. The summed E-state index contributed by atoms with van der Waals surface area (Å²) in [4.78, 5) is 19.1. The predicted octanol–water partition coefficient (Wildman–Crippen LogP) is 2.55. The SMILES string of the molecule is Cc1ccn2cc(C(=O)N3CCN(S(=O)(=O)c4ccc(Br)cc4)CC3)nc2c1. The fourth-order valence-corrected chi connectivity index (χ4v) is 4.92. The van der Waals surface area contributed by atoms with Crippen LogP contribution in [0.5, 0.6) is 0 Å². The third-order valence-corrected chi connectivity index (χ3v) is 7.25. The number of hydrogen-bond acceptors (Lipinski definition) is 4. The summed E-state index contributed by atoms with van der Waals surface area (Å²) in [5.41, 5.74) is 2.17. The molecule has 0 saturated carbocycles. The number of fused-ring (bicyclic) bond motifs is 1. The van der Waals surface area contributed by atoms with E-state index < -0.39 is 10.0 Å². The average molecular weight is 463 g/mol. The van der Waals surface area contributed by atoms with Crippen molar-refractivity contribution in [2.45, 2.75) is 11.8 Å². The van der Waals surface area contributed by atoms with E-state index in [0.717, 1.165) is 15.7 Å². The number of aromatic nitrogens is 2. The average Bonchev–Trinajstić information content (AvgIpc) is 3.11. The Labute approximate surface area is 171 Å². The number of amides is 1. The molecule has 1 saturated heterocycles. The second kappa shape index (κ2) is 7.31. The highest BCUT2D eigenvalue weighted by Gasteiger charge is 2.31. The van der Waals surface area contributed by atoms with Crippen molar-refractivity contribution < 1.29 is 13.2 Å². The molecule has 1 amide bonds. The number of rotatable bonds is 3. The number of piperazine rings is 1. The van der Waals surface area contributed by atoms with Crippen LogP contribution in [-0.4, -0.2) is 59.1 Å². The number of carbonyl (C=O) groups is 1. The Kier molecular flexibility index (Phi) is 4.98. The van der Waals surface area contributed by atoms with E-state index in [9.17, 15) is 13.2 Å². The number of sulfonamides is 1. The topological polar surface area (TPSA) is 75.0 Å². The van der Waals surface area contributed by atoms with Crippen LogP contribution in [-0.2, 0) is 10.0 Å². The molecule has 4 rings (SSSR count). The fourth-order valence-electron chi connectivity index (χ4n) is 3.24. The first-order valence-corrected chi connectivity index (χ1v) is 11.1. The number of benzene rings is 1. The number of halogens is 1. The van der Waals surface area contributed by atoms with E-state index in [1.807, 2.05) is 29.7 Å². The number of carbonyl (C=O) groups excluding carboxylic acids is 1. The van der Waals surface area contributed by atoms with Crippen LogP contribution in [0.25, 0.3) is 5.65 Å². The minimum absolute atomic E-state index is 0.179. The molecule has 0 atom stereocenters. The Morgan fingerprint density at radius 1 is 1.07 bits per heavy atom. The summed E-state index contributed by atoms with van der Waals surface area (Å²) in [6.07, 6.45) is 3.58. The van der Waals surface area contributed by atoms with Crippen molar-refractivity contribution in [2.75, 3.05) is 26.2 Å². The maximum absolute atomic E-state index is 12.8. The van der Waals surface area contributed by atoms with Gasteiger partial charge >= 0.3 is 0 Å². The van der Waals surface area contributed by atoms with Crippen molar-refractivity contribution in [3.63, 3.8) is 0 Å². The lowest BCUT2D eigenvalue weighted by molar-refractivity contribution is 0.0692. The van der Waals surface area contributed by atoms with Gasteiger partial charge in [-0.05, 0) is 48.9 Å². The molecule has 1 aromatic carbocycles. The zero-order valence-corrected chi connectivity index (χ0v) is 17.6. The molecule has 9 heteroatoms. The Morgan fingerprint density at radius 2 is 1.75 bits per heavy atom. The minimum Gasteiger partial charge on any atom is -0.335 e. The number of pyridine rings is 1. The molecular weight excluding hydrogens is 444 g/mol. The van der Waals surface area contributed by atoms with Gasteiger partial charge in [-0.2, -0.15) is 4.31 Å². The largest absolute Gasteiger partial charge is 0.335 e. The van der Waals surface area contributed by atoms with E-state index >= 15 is 0 Å². The van der Waals surface area contributed by atoms with Crippen LogP contribution in [0.1, 0.15) is 16.1 Å². The second-order valence-electron chi connectivity index (χ2n) is 6.75. The Morgan fingerprint density at radius 3 is 2.43 bits per heavy atom. The maximum Gasteiger partial charge on any atom is 0.274 e. The molecule has 0 N–H and O–H groups in total. The molecular formula is C19H19BrN4O3S. The Hall–Kier alpha value is -2.23. The lowest BCUT2D eigenvalue weighted by Crippen LogP contribution is -2.50. The maximum atomic E-state index is 12.8. The van der Waals surface area contributed by atoms with Gasteiger partial charge < -0.3 is 9.30 Å². The van der Waals surface area contributed by atoms with Crippen LogP contribution in [0.4, 0.5) is 0 Å². The smallest absolute Gasteiger partial charge is 0.274 e. The van der Waals surface area contributed by atoms with Gasteiger partial charge in [-0.1, -0.05) is 15.9 Å². The van der Waals surface area contributed by atoms with Crippen LogP contribution in [0.15, 0.2) is 58.2 Å². The molecule has 1 aliphatic heterocycles. The fraction of sp³-hybridized carbons (Fsp3) is 0.263. The molecule has 3 heterocycles. The van der Waals surface area contributed by atoms with Gasteiger partial charge in [-0.3, -0.25) is 4.79 Å². The number of imidazole rings is 1. The lowest BCUT2D eigenvalue weighted by atomic mass is 10.3. The third-order valence-electron chi connectivity index (χ3n) is 4.81. The molecule has 2 aromatic heterocycles. The molecule has 1 aliphatic rings. The van der Waals surface area contributed by atoms with Gasteiger partial charge in [0, 0.05) is 43.0 Å². The van der Waals surface area contributed by atoms with Crippen molar-refractivity contribution in [1.29, 1.82) is 0 Å². The molecule has 0 bridgehead atoms. The van der Waals surface area contributed by atoms with Crippen molar-refractivity contribution in [2.24, 2.45) is 0 Å². The first kappa shape index (κ1) is 19.1. The summed E-state index contributed by atoms with van der Waals surface area (Å²) >= 11 is 3.31. The first-order valence-electron chi connectivity index (χ1n) is 8.85. The molecule has 0 spiro atoms. The zero-order chi connectivity index (χ0) is 19.9. The van der Waals surface area contributed by atoms with Crippen LogP contribution < -0.4 is 0 Å². The van der Waals surface area contributed by atoms with E-state index in [-0.39, 0.29) is 23.9 Å². The monoisotopic (exact) mass is 462 g/mol. The van der Waals surface area contributed by atoms with Crippen LogP contribution in [0, 0.1) is 6.92 Å². The van der Waals surface area contributed by atoms with Crippen molar-refractivity contribution in [1.82, 2.24) is 18.6 Å². The van der Waals surface area contributed by atoms with E-state index in [0.29, 0.717) is 18.8 Å². The predicted molar refractivity (Wildman–Crippen MR) is 109 cm³/mol. The quantitative estimate of drug-likeness (QED) is 0.599. The summed E-state index contributed by atoms with van der Waals surface area (Å²) in [5, 5.41) is 0. The summed E-state index contributed by atoms with van der Waals surface area (Å²) in [6, 6.07) is 10.4. The molecule has 28 heavy (non-hydrogen) atoms. The van der Waals surface area contributed by atoms with Gasteiger partial charge in [0.2, 0.25) is 10.0 Å². The van der Waals surface area contributed by atoms with Crippen LogP contribution in [0.2, 0.25) is 0 Å². The number of aryl methyl sites for hydroxylation is 1. The summed E-state index contributed by atoms with van der Waals surface area (Å²) < 4.78 is 29.6. The summed E-state index contributed by atoms with van der Waals surface area (Å²) in [6.45, 7) is 3.16. The van der Waals surface area contributed by atoms with Gasteiger partial charge in [0.15, 0.2) is 0 Å². The van der Waals surface area contributed by atoms with Gasteiger partial charge in [0.1, 0.15) is 11.3 Å².